The molecule has 3 aromatic heterocycles. The highest BCUT2D eigenvalue weighted by molar-refractivity contribution is 5.89. The first-order valence-corrected chi connectivity index (χ1v) is 11.0. The van der Waals surface area contributed by atoms with Crippen LogP contribution in [0.1, 0.15) is 32.6 Å². The molecule has 0 saturated heterocycles. The Hall–Kier alpha value is -3.41. The van der Waals surface area contributed by atoms with E-state index < -0.39 is 24.4 Å². The zero-order valence-corrected chi connectivity index (χ0v) is 18.7. The summed E-state index contributed by atoms with van der Waals surface area (Å²) in [6, 6.07) is 4.88. The Balaban J connectivity index is 1.53. The molecule has 0 unspecified atom stereocenters. The summed E-state index contributed by atoms with van der Waals surface area (Å²) < 4.78 is 48.9. The highest BCUT2D eigenvalue weighted by Crippen LogP contribution is 2.36. The first-order chi connectivity index (χ1) is 16.2. The number of methoxy groups -OCH3 is 1. The van der Waals surface area contributed by atoms with Gasteiger partial charge in [-0.15, -0.1) is 10.2 Å². The van der Waals surface area contributed by atoms with Gasteiger partial charge in [0.1, 0.15) is 17.6 Å². The molecular formula is C22H24F3N7O2. The van der Waals surface area contributed by atoms with E-state index in [0.29, 0.717) is 35.0 Å². The van der Waals surface area contributed by atoms with Crippen LogP contribution in [0.4, 0.5) is 19.1 Å². The summed E-state index contributed by atoms with van der Waals surface area (Å²) in [7, 11) is 1.43. The van der Waals surface area contributed by atoms with Gasteiger partial charge < -0.3 is 15.2 Å². The van der Waals surface area contributed by atoms with E-state index >= 15 is 4.39 Å². The van der Waals surface area contributed by atoms with E-state index in [9.17, 15) is 13.9 Å². The molecule has 9 nitrogen and oxygen atoms in total. The second-order valence-corrected chi connectivity index (χ2v) is 8.87. The van der Waals surface area contributed by atoms with E-state index in [0.717, 1.165) is 17.5 Å². The molecule has 0 atom stereocenters. The Morgan fingerprint density at radius 1 is 1.29 bits per heavy atom. The molecule has 0 spiro atoms. The van der Waals surface area contributed by atoms with E-state index in [1.807, 2.05) is 6.92 Å². The minimum Gasteiger partial charge on any atom is -0.479 e. The van der Waals surface area contributed by atoms with Crippen LogP contribution in [-0.4, -0.2) is 59.9 Å². The molecule has 4 aromatic rings. The number of anilines is 1. The first kappa shape index (κ1) is 22.4. The second kappa shape index (κ2) is 8.42. The smallest absolute Gasteiger partial charge is 0.258 e. The van der Waals surface area contributed by atoms with Gasteiger partial charge in [0.2, 0.25) is 11.8 Å². The van der Waals surface area contributed by atoms with Crippen molar-refractivity contribution in [2.45, 2.75) is 57.2 Å². The molecule has 1 aliphatic carbocycles. The van der Waals surface area contributed by atoms with Crippen molar-refractivity contribution >= 4 is 22.5 Å². The third kappa shape index (κ3) is 4.13. The molecule has 0 aliphatic heterocycles. The molecule has 1 aliphatic rings. The molecule has 0 amide bonds. The lowest BCUT2D eigenvalue weighted by molar-refractivity contribution is 0.0195. The maximum Gasteiger partial charge on any atom is 0.258 e. The van der Waals surface area contributed by atoms with Gasteiger partial charge in [-0.3, -0.25) is 0 Å². The van der Waals surface area contributed by atoms with Gasteiger partial charge in [0.05, 0.1) is 30.0 Å². The van der Waals surface area contributed by atoms with Crippen molar-refractivity contribution in [3.05, 3.63) is 30.2 Å². The number of aromatic nitrogens is 6. The zero-order chi connectivity index (χ0) is 24.0. The zero-order valence-electron chi connectivity index (χ0n) is 18.7. The number of aliphatic hydroxyl groups is 1. The molecule has 1 saturated carbocycles. The Bertz CT molecular complexity index is 1340. The van der Waals surface area contributed by atoms with Gasteiger partial charge in [-0.25, -0.2) is 22.4 Å². The molecule has 34 heavy (non-hydrogen) atoms. The summed E-state index contributed by atoms with van der Waals surface area (Å²) in [6.45, 7) is 1.21. The Kier molecular flexibility index (Phi) is 5.54. The molecule has 0 radical (unpaired) electrons. The van der Waals surface area contributed by atoms with Crippen LogP contribution >= 0.6 is 0 Å². The molecule has 0 bridgehead atoms. The predicted octanol–water partition coefficient (Wildman–Crippen LogP) is 3.66. The number of alkyl halides is 2. The van der Waals surface area contributed by atoms with Gasteiger partial charge in [-0.2, -0.15) is 4.98 Å². The molecule has 5 rings (SSSR count). The third-order valence-corrected chi connectivity index (χ3v) is 6.26. The fourth-order valence-corrected chi connectivity index (χ4v) is 4.45. The van der Waals surface area contributed by atoms with Crippen LogP contribution in [0.3, 0.4) is 0 Å². The number of hydrogen-bond donors (Lipinski definition) is 2. The molecule has 2 N–H and O–H groups in total. The largest absolute Gasteiger partial charge is 0.479 e. The Morgan fingerprint density at radius 2 is 2.06 bits per heavy atom. The lowest BCUT2D eigenvalue weighted by atomic mass is 9.84. The summed E-state index contributed by atoms with van der Waals surface area (Å²) in [5, 5.41) is 25.5. The fraction of sp³-hybridized carbons (Fsp3) is 0.455. The van der Waals surface area contributed by atoms with Gasteiger partial charge in [0.15, 0.2) is 5.82 Å². The Labute approximate surface area is 192 Å². The van der Waals surface area contributed by atoms with E-state index in [1.54, 1.807) is 18.2 Å². The van der Waals surface area contributed by atoms with Gasteiger partial charge in [0, 0.05) is 6.04 Å². The maximum atomic E-state index is 15.2. The normalized spacial score (nSPS) is 21.0. The monoisotopic (exact) mass is 475 g/mol. The maximum absolute atomic E-state index is 15.2. The first-order valence-electron chi connectivity index (χ1n) is 11.0. The quantitative estimate of drug-likeness (QED) is 0.439. The number of fused-ring (bicyclic) bond motifs is 2. The molecule has 1 fully saturated rings. The number of ether oxygens (including phenoxy) is 1. The lowest BCUT2D eigenvalue weighted by Gasteiger charge is -2.33. The summed E-state index contributed by atoms with van der Waals surface area (Å²) in [4.78, 5) is 4.44. The van der Waals surface area contributed by atoms with Crippen molar-refractivity contribution in [1.82, 2.24) is 29.6 Å². The van der Waals surface area contributed by atoms with Crippen LogP contribution < -0.4 is 10.1 Å². The van der Waals surface area contributed by atoms with E-state index in [1.165, 1.54) is 17.8 Å². The molecule has 12 heteroatoms. The standard InChI is InChI=1S/C22H24F3N7O2/c1-22(33)7-5-13(6-8-22)26-21-27-20(34-2)19-18(14(23)10-32(19)29-21)12-3-4-15-16(9-12)31(30-28-15)11-17(24)25/h3-4,9-10,13,17,33H,5-8,11H2,1-2H3,(H,26,29). The van der Waals surface area contributed by atoms with Crippen molar-refractivity contribution in [2.75, 3.05) is 12.4 Å². The fourth-order valence-electron chi connectivity index (χ4n) is 4.45. The van der Waals surface area contributed by atoms with Crippen molar-refractivity contribution in [3.63, 3.8) is 0 Å². The summed E-state index contributed by atoms with van der Waals surface area (Å²) >= 11 is 0. The number of benzene rings is 1. The molecule has 3 heterocycles. The van der Waals surface area contributed by atoms with Gasteiger partial charge in [-0.05, 0) is 50.3 Å². The SMILES string of the molecule is COc1nc(NC2CCC(C)(O)CC2)nn2cc(F)c(-c3ccc4nnn(CC(F)F)c4c3)c12. The second-order valence-electron chi connectivity index (χ2n) is 8.87. The lowest BCUT2D eigenvalue weighted by Crippen LogP contribution is -2.36. The highest BCUT2D eigenvalue weighted by Gasteiger charge is 2.29. The highest BCUT2D eigenvalue weighted by atomic mass is 19.3. The number of nitrogens with one attached hydrogen (secondary N) is 1. The van der Waals surface area contributed by atoms with Gasteiger partial charge >= 0.3 is 0 Å². The van der Waals surface area contributed by atoms with E-state index in [-0.39, 0.29) is 23.4 Å². The van der Waals surface area contributed by atoms with Crippen molar-refractivity contribution in [2.24, 2.45) is 0 Å². The number of hydrogen-bond acceptors (Lipinski definition) is 7. The minimum atomic E-state index is -2.60. The van der Waals surface area contributed by atoms with Crippen LogP contribution in [0.15, 0.2) is 24.4 Å². The molecule has 1 aromatic carbocycles. The summed E-state index contributed by atoms with van der Waals surface area (Å²) in [5.41, 5.74) is 1.05. The number of halogens is 3. The van der Waals surface area contributed by atoms with Crippen molar-refractivity contribution < 1.29 is 23.0 Å². The third-order valence-electron chi connectivity index (χ3n) is 6.26. The topological polar surface area (TPSA) is 102 Å². The number of nitrogens with zero attached hydrogens (tertiary/aromatic N) is 6. The average molecular weight is 475 g/mol. The van der Waals surface area contributed by atoms with Crippen LogP contribution in [0.25, 0.3) is 27.7 Å². The van der Waals surface area contributed by atoms with Crippen LogP contribution in [0.2, 0.25) is 0 Å². The van der Waals surface area contributed by atoms with Crippen LogP contribution in [0, 0.1) is 5.82 Å². The predicted molar refractivity (Wildman–Crippen MR) is 119 cm³/mol. The summed E-state index contributed by atoms with van der Waals surface area (Å²) in [5.74, 6) is -0.115. The van der Waals surface area contributed by atoms with Crippen LogP contribution in [-0.2, 0) is 6.54 Å². The van der Waals surface area contributed by atoms with Gasteiger partial charge in [-0.1, -0.05) is 11.3 Å². The molecule has 180 valence electrons. The summed E-state index contributed by atoms with van der Waals surface area (Å²) in [6.07, 6.45) is 1.45. The van der Waals surface area contributed by atoms with Gasteiger partial charge in [0.25, 0.3) is 6.43 Å². The van der Waals surface area contributed by atoms with Crippen molar-refractivity contribution in [1.29, 1.82) is 0 Å². The van der Waals surface area contributed by atoms with E-state index in [2.05, 4.69) is 25.7 Å². The average Bonchev–Trinajstić information content (AvgIpc) is 3.33. The van der Waals surface area contributed by atoms with E-state index in [4.69, 9.17) is 4.74 Å². The van der Waals surface area contributed by atoms with Crippen LogP contribution in [0.5, 0.6) is 5.88 Å². The Morgan fingerprint density at radius 3 is 2.76 bits per heavy atom. The van der Waals surface area contributed by atoms with Crippen molar-refractivity contribution in [3.8, 4) is 17.0 Å². The number of rotatable bonds is 6. The molecular weight excluding hydrogens is 451 g/mol. The minimum absolute atomic E-state index is 0.0762.